The predicted molar refractivity (Wildman–Crippen MR) is 112 cm³/mol. The summed E-state index contributed by atoms with van der Waals surface area (Å²) in [6.45, 7) is 2.47. The van der Waals surface area contributed by atoms with Crippen LogP contribution in [0.3, 0.4) is 0 Å². The SMILES string of the molecule is Cc1ccc(C(=O)N2C[C@H]3C[C@@H](Oc4ccc(C(F)(F)F)cn4)[C@@H]2C3)c(-c2nccn2C)n1. The molecule has 1 amide bonds. The van der Waals surface area contributed by atoms with Gasteiger partial charge < -0.3 is 14.2 Å². The molecule has 1 saturated carbocycles. The monoisotopic (exact) mass is 457 g/mol. The summed E-state index contributed by atoms with van der Waals surface area (Å²) >= 11 is 0. The van der Waals surface area contributed by atoms with Gasteiger partial charge in [0.05, 0.1) is 17.2 Å². The van der Waals surface area contributed by atoms with E-state index in [9.17, 15) is 18.0 Å². The first kappa shape index (κ1) is 21.4. The fourth-order valence-corrected chi connectivity index (χ4v) is 4.75. The van der Waals surface area contributed by atoms with Crippen molar-refractivity contribution in [2.75, 3.05) is 6.54 Å². The average molecular weight is 457 g/mol. The molecule has 4 heterocycles. The molecule has 2 aliphatic rings. The first-order valence-electron chi connectivity index (χ1n) is 10.7. The number of amides is 1. The van der Waals surface area contributed by atoms with Crippen LogP contribution < -0.4 is 4.74 Å². The van der Waals surface area contributed by atoms with Crippen LogP contribution in [-0.2, 0) is 13.2 Å². The van der Waals surface area contributed by atoms with E-state index in [1.54, 1.807) is 29.4 Å². The van der Waals surface area contributed by atoms with E-state index in [1.807, 2.05) is 18.5 Å². The summed E-state index contributed by atoms with van der Waals surface area (Å²) in [5.74, 6) is 0.849. The number of carbonyl (C=O) groups is 1. The molecule has 2 bridgehead atoms. The van der Waals surface area contributed by atoms with Crippen molar-refractivity contribution < 1.29 is 22.7 Å². The summed E-state index contributed by atoms with van der Waals surface area (Å²) < 4.78 is 46.1. The number of hydrogen-bond acceptors (Lipinski definition) is 5. The fraction of sp³-hybridized carbons (Fsp3) is 0.391. The maximum atomic E-state index is 13.6. The number of aryl methyl sites for hydroxylation is 2. The maximum Gasteiger partial charge on any atom is 0.417 e. The number of pyridine rings is 2. The minimum absolute atomic E-state index is 0.124. The molecule has 33 heavy (non-hydrogen) atoms. The van der Waals surface area contributed by atoms with Gasteiger partial charge in [-0.3, -0.25) is 4.79 Å². The molecule has 3 atom stereocenters. The van der Waals surface area contributed by atoms with Gasteiger partial charge in [0, 0.05) is 43.9 Å². The molecule has 1 aliphatic heterocycles. The van der Waals surface area contributed by atoms with E-state index in [0.717, 1.165) is 30.8 Å². The van der Waals surface area contributed by atoms with Crippen LogP contribution in [0.5, 0.6) is 5.88 Å². The van der Waals surface area contributed by atoms with Crippen LogP contribution in [0, 0.1) is 12.8 Å². The summed E-state index contributed by atoms with van der Waals surface area (Å²) in [6, 6.07) is 5.57. The first-order chi connectivity index (χ1) is 15.7. The van der Waals surface area contributed by atoms with Crippen LogP contribution >= 0.6 is 0 Å². The lowest BCUT2D eigenvalue weighted by Crippen LogP contribution is -2.47. The number of hydrogen-bond donors (Lipinski definition) is 0. The highest BCUT2D eigenvalue weighted by atomic mass is 19.4. The molecule has 1 aliphatic carbocycles. The van der Waals surface area contributed by atoms with Crippen molar-refractivity contribution in [3.8, 4) is 17.4 Å². The Morgan fingerprint density at radius 3 is 2.61 bits per heavy atom. The molecule has 0 N–H and O–H groups in total. The number of imidazole rings is 1. The minimum Gasteiger partial charge on any atom is -0.472 e. The van der Waals surface area contributed by atoms with Gasteiger partial charge in [0.1, 0.15) is 11.8 Å². The van der Waals surface area contributed by atoms with Crippen molar-refractivity contribution in [3.63, 3.8) is 0 Å². The van der Waals surface area contributed by atoms with Crippen LogP contribution in [0.4, 0.5) is 13.2 Å². The highest BCUT2D eigenvalue weighted by Crippen LogP contribution is 2.41. The van der Waals surface area contributed by atoms with Gasteiger partial charge in [-0.15, -0.1) is 0 Å². The lowest BCUT2D eigenvalue weighted by atomic mass is 10.0. The Bertz CT molecular complexity index is 1190. The number of ether oxygens (including phenoxy) is 1. The standard InChI is InChI=1S/C23H22F3N5O2/c1-13-3-5-16(20(29-13)21-27-7-8-30(21)2)22(32)31-12-14-9-17(31)18(10-14)33-19-6-4-15(11-28-19)23(24,25)26/h3-8,11,14,17-18H,9-10,12H2,1-2H3/t14-,17+,18-/m1/s1. The molecule has 1 saturated heterocycles. The number of carbonyl (C=O) groups excluding carboxylic acids is 1. The normalized spacial score (nSPS) is 22.1. The van der Waals surface area contributed by atoms with Gasteiger partial charge in [-0.05, 0) is 43.9 Å². The highest BCUT2D eigenvalue weighted by Gasteiger charge is 2.49. The van der Waals surface area contributed by atoms with Gasteiger partial charge in [-0.1, -0.05) is 0 Å². The summed E-state index contributed by atoms with van der Waals surface area (Å²) in [5, 5.41) is 0. The van der Waals surface area contributed by atoms with Crippen molar-refractivity contribution in [2.45, 2.75) is 38.1 Å². The zero-order valence-electron chi connectivity index (χ0n) is 18.1. The average Bonchev–Trinajstić information content (AvgIpc) is 3.48. The number of piperidine rings is 1. The summed E-state index contributed by atoms with van der Waals surface area (Å²) in [5.41, 5.74) is 0.946. The van der Waals surface area contributed by atoms with Crippen LogP contribution in [0.25, 0.3) is 11.5 Å². The fourth-order valence-electron chi connectivity index (χ4n) is 4.75. The predicted octanol–water partition coefficient (Wildman–Crippen LogP) is 3.89. The van der Waals surface area contributed by atoms with E-state index in [0.29, 0.717) is 23.6 Å². The molecule has 3 aromatic heterocycles. The summed E-state index contributed by atoms with van der Waals surface area (Å²) in [7, 11) is 1.85. The Kier molecular flexibility index (Phi) is 5.10. The topological polar surface area (TPSA) is 73.1 Å². The van der Waals surface area contributed by atoms with Crippen molar-refractivity contribution in [1.29, 1.82) is 0 Å². The van der Waals surface area contributed by atoms with Gasteiger partial charge in [0.2, 0.25) is 5.88 Å². The van der Waals surface area contributed by atoms with Crippen LogP contribution in [0.1, 0.15) is 34.5 Å². The number of halogens is 3. The van der Waals surface area contributed by atoms with Crippen LogP contribution in [0.2, 0.25) is 0 Å². The Hall–Kier alpha value is -3.43. The third kappa shape index (κ3) is 3.94. The highest BCUT2D eigenvalue weighted by molar-refractivity contribution is 5.99. The Labute approximate surface area is 188 Å². The maximum absolute atomic E-state index is 13.6. The summed E-state index contributed by atoms with van der Waals surface area (Å²) in [6.07, 6.45) is 0.964. The van der Waals surface area contributed by atoms with Gasteiger partial charge >= 0.3 is 6.18 Å². The lowest BCUT2D eigenvalue weighted by molar-refractivity contribution is -0.137. The quantitative estimate of drug-likeness (QED) is 0.595. The molecule has 0 unspecified atom stereocenters. The Morgan fingerprint density at radius 1 is 1.15 bits per heavy atom. The van der Waals surface area contributed by atoms with Gasteiger partial charge in [-0.2, -0.15) is 13.2 Å². The van der Waals surface area contributed by atoms with Crippen molar-refractivity contribution in [3.05, 3.63) is 59.7 Å². The number of fused-ring (bicyclic) bond motifs is 2. The Balaban J connectivity index is 1.38. The largest absolute Gasteiger partial charge is 0.472 e. The zero-order chi connectivity index (χ0) is 23.3. The van der Waals surface area contributed by atoms with Gasteiger partial charge in [0.15, 0.2) is 5.82 Å². The number of aromatic nitrogens is 4. The van der Waals surface area contributed by atoms with Crippen LogP contribution in [-0.4, -0.2) is 49.0 Å². The number of likely N-dealkylation sites (tertiary alicyclic amines) is 1. The van der Waals surface area contributed by atoms with Crippen molar-refractivity contribution in [2.24, 2.45) is 13.0 Å². The zero-order valence-corrected chi connectivity index (χ0v) is 18.1. The number of nitrogens with zero attached hydrogens (tertiary/aromatic N) is 5. The van der Waals surface area contributed by atoms with E-state index in [-0.39, 0.29) is 29.9 Å². The molecular formula is C23H22F3N5O2. The van der Waals surface area contributed by atoms with E-state index in [4.69, 9.17) is 4.74 Å². The smallest absolute Gasteiger partial charge is 0.417 e. The molecule has 0 radical (unpaired) electrons. The molecule has 3 aromatic rings. The Morgan fingerprint density at radius 2 is 1.97 bits per heavy atom. The molecule has 172 valence electrons. The van der Waals surface area contributed by atoms with E-state index in [1.165, 1.54) is 6.07 Å². The number of rotatable bonds is 4. The number of alkyl halides is 3. The second-order valence-electron chi connectivity index (χ2n) is 8.61. The molecule has 5 rings (SSSR count). The molecule has 0 aromatic carbocycles. The van der Waals surface area contributed by atoms with E-state index in [2.05, 4.69) is 15.0 Å². The second kappa shape index (κ2) is 7.86. The van der Waals surface area contributed by atoms with E-state index < -0.39 is 11.7 Å². The second-order valence-corrected chi connectivity index (χ2v) is 8.61. The minimum atomic E-state index is -4.45. The summed E-state index contributed by atoms with van der Waals surface area (Å²) in [4.78, 5) is 28.1. The third-order valence-corrected chi connectivity index (χ3v) is 6.32. The lowest BCUT2D eigenvalue weighted by Gasteiger charge is -2.33. The molecule has 7 nitrogen and oxygen atoms in total. The van der Waals surface area contributed by atoms with Gasteiger partial charge in [-0.25, -0.2) is 15.0 Å². The molecular weight excluding hydrogens is 435 g/mol. The first-order valence-corrected chi connectivity index (χ1v) is 10.7. The molecule has 2 fully saturated rings. The molecule has 0 spiro atoms. The van der Waals surface area contributed by atoms with Gasteiger partial charge in [0.25, 0.3) is 5.91 Å². The van der Waals surface area contributed by atoms with Crippen molar-refractivity contribution >= 4 is 5.91 Å². The van der Waals surface area contributed by atoms with E-state index >= 15 is 0 Å². The molecule has 10 heteroatoms. The van der Waals surface area contributed by atoms with Crippen molar-refractivity contribution in [1.82, 2.24) is 24.4 Å². The van der Waals surface area contributed by atoms with Crippen LogP contribution in [0.15, 0.2) is 42.9 Å². The third-order valence-electron chi connectivity index (χ3n) is 6.32.